The van der Waals surface area contributed by atoms with Crippen molar-refractivity contribution in [2.24, 2.45) is 5.92 Å². The molecule has 2 heterocycles. The van der Waals surface area contributed by atoms with Crippen molar-refractivity contribution in [2.75, 3.05) is 18.5 Å². The van der Waals surface area contributed by atoms with Crippen molar-refractivity contribution in [3.8, 4) is 0 Å². The summed E-state index contributed by atoms with van der Waals surface area (Å²) in [5, 5.41) is 5.56. The molecule has 0 amide bonds. The number of nitrogens with one attached hydrogen (secondary N) is 1. The Morgan fingerprint density at radius 2 is 2.20 bits per heavy atom. The monoisotopic (exact) mass is 289 g/mol. The van der Waals surface area contributed by atoms with Crippen molar-refractivity contribution in [2.45, 2.75) is 26.9 Å². The second-order valence-corrected chi connectivity index (χ2v) is 6.50. The Morgan fingerprint density at radius 3 is 2.90 bits per heavy atom. The molecule has 20 heavy (non-hydrogen) atoms. The molecule has 0 aliphatic rings. The molecule has 4 heteroatoms. The van der Waals surface area contributed by atoms with Gasteiger partial charge in [0.15, 0.2) is 0 Å². The van der Waals surface area contributed by atoms with Crippen molar-refractivity contribution in [3.05, 3.63) is 46.4 Å². The molecule has 0 radical (unpaired) electrons. The van der Waals surface area contributed by atoms with Gasteiger partial charge < -0.3 is 10.2 Å². The molecule has 0 aliphatic carbocycles. The molecular formula is C16H23N3S. The van der Waals surface area contributed by atoms with Crippen LogP contribution in [0.5, 0.6) is 0 Å². The second-order valence-electron chi connectivity index (χ2n) is 5.47. The van der Waals surface area contributed by atoms with E-state index in [0.29, 0.717) is 5.92 Å². The van der Waals surface area contributed by atoms with Gasteiger partial charge in [-0.2, -0.15) is 0 Å². The lowest BCUT2D eigenvalue weighted by molar-refractivity contribution is 0.548. The maximum atomic E-state index is 4.43. The quantitative estimate of drug-likeness (QED) is 0.845. The van der Waals surface area contributed by atoms with Crippen LogP contribution in [-0.4, -0.2) is 18.6 Å². The van der Waals surface area contributed by atoms with Gasteiger partial charge in [0.25, 0.3) is 0 Å². The van der Waals surface area contributed by atoms with Crippen LogP contribution in [0.1, 0.15) is 24.4 Å². The van der Waals surface area contributed by atoms with Crippen LogP contribution < -0.4 is 10.2 Å². The van der Waals surface area contributed by atoms with E-state index in [0.717, 1.165) is 25.3 Å². The van der Waals surface area contributed by atoms with Crippen molar-refractivity contribution in [1.29, 1.82) is 0 Å². The third-order valence-electron chi connectivity index (χ3n) is 3.07. The van der Waals surface area contributed by atoms with E-state index in [9.17, 15) is 0 Å². The van der Waals surface area contributed by atoms with Crippen LogP contribution in [0, 0.1) is 5.92 Å². The third-order valence-corrected chi connectivity index (χ3v) is 3.93. The van der Waals surface area contributed by atoms with Crippen molar-refractivity contribution in [1.82, 2.24) is 10.3 Å². The Kier molecular flexibility index (Phi) is 5.56. The summed E-state index contributed by atoms with van der Waals surface area (Å²) >= 11 is 1.80. The van der Waals surface area contributed by atoms with E-state index in [1.807, 2.05) is 6.20 Å². The third kappa shape index (κ3) is 4.62. The molecular weight excluding hydrogens is 266 g/mol. The number of nitrogens with zero attached hydrogens (tertiary/aromatic N) is 2. The molecule has 0 spiro atoms. The highest BCUT2D eigenvalue weighted by Gasteiger charge is 2.05. The average Bonchev–Trinajstić information content (AvgIpc) is 2.91. The fourth-order valence-corrected chi connectivity index (χ4v) is 2.77. The average molecular weight is 289 g/mol. The van der Waals surface area contributed by atoms with E-state index in [4.69, 9.17) is 0 Å². The smallest absolute Gasteiger partial charge is 0.0562 e. The topological polar surface area (TPSA) is 28.2 Å². The summed E-state index contributed by atoms with van der Waals surface area (Å²) in [7, 11) is 2.13. The first-order valence-corrected chi connectivity index (χ1v) is 7.92. The van der Waals surface area contributed by atoms with Crippen LogP contribution in [-0.2, 0) is 13.1 Å². The number of hydrogen-bond acceptors (Lipinski definition) is 4. The summed E-state index contributed by atoms with van der Waals surface area (Å²) in [6.07, 6.45) is 1.90. The summed E-state index contributed by atoms with van der Waals surface area (Å²) in [4.78, 5) is 8.07. The number of anilines is 1. The van der Waals surface area contributed by atoms with Crippen LogP contribution in [0.4, 0.5) is 5.69 Å². The first-order chi connectivity index (χ1) is 9.65. The normalized spacial score (nSPS) is 11.0. The first kappa shape index (κ1) is 15.0. The van der Waals surface area contributed by atoms with E-state index >= 15 is 0 Å². The molecule has 1 N–H and O–H groups in total. The maximum absolute atomic E-state index is 4.43. The predicted octanol–water partition coefficient (Wildman–Crippen LogP) is 3.53. The number of rotatable bonds is 7. The SMILES string of the molecule is CC(C)CNCc1cc(N(C)Cc2cccs2)ccn1. The van der Waals surface area contributed by atoms with Gasteiger partial charge in [-0.15, -0.1) is 11.3 Å². The van der Waals surface area contributed by atoms with E-state index < -0.39 is 0 Å². The summed E-state index contributed by atoms with van der Waals surface area (Å²) in [5.74, 6) is 0.666. The molecule has 0 unspecified atom stereocenters. The zero-order valence-corrected chi connectivity index (χ0v) is 13.3. The minimum atomic E-state index is 0.666. The van der Waals surface area contributed by atoms with Crippen LogP contribution >= 0.6 is 11.3 Å². The van der Waals surface area contributed by atoms with Gasteiger partial charge in [-0.25, -0.2) is 0 Å². The number of pyridine rings is 1. The first-order valence-electron chi connectivity index (χ1n) is 7.04. The van der Waals surface area contributed by atoms with Gasteiger partial charge in [0.2, 0.25) is 0 Å². The van der Waals surface area contributed by atoms with Gasteiger partial charge >= 0.3 is 0 Å². The zero-order valence-electron chi connectivity index (χ0n) is 12.5. The summed E-state index contributed by atoms with van der Waals surface area (Å²) in [6.45, 7) is 7.23. The fourth-order valence-electron chi connectivity index (χ4n) is 2.02. The molecule has 0 saturated carbocycles. The standard InChI is InChI=1S/C16H23N3S/c1-13(2)10-17-11-14-9-15(6-7-18-14)19(3)12-16-5-4-8-20-16/h4-9,13,17H,10-12H2,1-3H3. The van der Waals surface area contributed by atoms with Crippen LogP contribution in [0.25, 0.3) is 0 Å². The highest BCUT2D eigenvalue weighted by atomic mass is 32.1. The zero-order chi connectivity index (χ0) is 14.4. The Hall–Kier alpha value is -1.39. The highest BCUT2D eigenvalue weighted by molar-refractivity contribution is 7.09. The van der Waals surface area contributed by atoms with Crippen molar-refractivity contribution >= 4 is 17.0 Å². The highest BCUT2D eigenvalue weighted by Crippen LogP contribution is 2.18. The van der Waals surface area contributed by atoms with Gasteiger partial charge in [0.05, 0.1) is 12.2 Å². The molecule has 0 fully saturated rings. The van der Waals surface area contributed by atoms with Gasteiger partial charge in [-0.05, 0) is 36.0 Å². The minimum Gasteiger partial charge on any atom is -0.369 e. The molecule has 0 aromatic carbocycles. The van der Waals surface area contributed by atoms with Crippen LogP contribution in [0.15, 0.2) is 35.8 Å². The van der Waals surface area contributed by atoms with Crippen LogP contribution in [0.2, 0.25) is 0 Å². The van der Waals surface area contributed by atoms with Gasteiger partial charge in [-0.1, -0.05) is 19.9 Å². The summed E-state index contributed by atoms with van der Waals surface area (Å²) in [6, 6.07) is 8.51. The Balaban J connectivity index is 1.94. The lowest BCUT2D eigenvalue weighted by atomic mass is 10.2. The van der Waals surface area contributed by atoms with E-state index in [2.05, 4.69) is 65.7 Å². The van der Waals surface area contributed by atoms with Crippen molar-refractivity contribution in [3.63, 3.8) is 0 Å². The Bertz CT molecular complexity index is 508. The molecule has 0 bridgehead atoms. The lowest BCUT2D eigenvalue weighted by Gasteiger charge is -2.19. The Labute approximate surface area is 125 Å². The molecule has 3 nitrogen and oxygen atoms in total. The van der Waals surface area contributed by atoms with E-state index in [1.54, 1.807) is 11.3 Å². The number of hydrogen-bond donors (Lipinski definition) is 1. The van der Waals surface area contributed by atoms with Crippen LogP contribution in [0.3, 0.4) is 0 Å². The second kappa shape index (κ2) is 7.41. The van der Waals surface area contributed by atoms with Gasteiger partial charge in [-0.3, -0.25) is 4.98 Å². The molecule has 108 valence electrons. The maximum Gasteiger partial charge on any atom is 0.0562 e. The summed E-state index contributed by atoms with van der Waals surface area (Å²) < 4.78 is 0. The van der Waals surface area contributed by atoms with Gasteiger partial charge in [0, 0.05) is 30.4 Å². The number of thiophene rings is 1. The molecule has 0 saturated heterocycles. The van der Waals surface area contributed by atoms with E-state index in [1.165, 1.54) is 10.6 Å². The largest absolute Gasteiger partial charge is 0.369 e. The van der Waals surface area contributed by atoms with Gasteiger partial charge in [0.1, 0.15) is 0 Å². The van der Waals surface area contributed by atoms with E-state index in [-0.39, 0.29) is 0 Å². The Morgan fingerprint density at radius 1 is 1.35 bits per heavy atom. The molecule has 0 aliphatic heterocycles. The summed E-state index contributed by atoms with van der Waals surface area (Å²) in [5.41, 5.74) is 2.32. The number of aromatic nitrogens is 1. The molecule has 2 rings (SSSR count). The van der Waals surface area contributed by atoms with Crippen molar-refractivity contribution < 1.29 is 0 Å². The minimum absolute atomic E-state index is 0.666. The fraction of sp³-hybridized carbons (Fsp3) is 0.438. The lowest BCUT2D eigenvalue weighted by Crippen LogP contribution is -2.20. The molecule has 2 aromatic rings. The molecule has 2 aromatic heterocycles. The predicted molar refractivity (Wildman–Crippen MR) is 87.2 cm³/mol. The molecule has 0 atom stereocenters.